The molecule has 2 atom stereocenters. The quantitative estimate of drug-likeness (QED) is 0.605. The highest BCUT2D eigenvalue weighted by Gasteiger charge is 2.43. The number of nitriles is 2. The zero-order valence-electron chi connectivity index (χ0n) is 12.6. The molecule has 4 heteroatoms. The third-order valence-corrected chi connectivity index (χ3v) is 5.55. The number of allylic oxidation sites excluding steroid dienone is 4. The van der Waals surface area contributed by atoms with Gasteiger partial charge in [0.25, 0.3) is 0 Å². The number of fused-ring (bicyclic) bond motifs is 1. The highest BCUT2D eigenvalue weighted by Crippen LogP contribution is 2.51. The van der Waals surface area contributed by atoms with Gasteiger partial charge in [-0.3, -0.25) is 0 Å². The molecule has 0 saturated heterocycles. The van der Waals surface area contributed by atoms with E-state index in [1.807, 2.05) is 24.3 Å². The lowest BCUT2D eigenvalue weighted by Crippen LogP contribution is -2.27. The van der Waals surface area contributed by atoms with Crippen molar-refractivity contribution in [3.63, 3.8) is 0 Å². The molecule has 0 bridgehead atoms. The molecule has 0 radical (unpaired) electrons. The molecule has 2 nitrogen and oxygen atoms in total. The number of hydrogen-bond acceptors (Lipinski definition) is 2. The second-order valence-electron chi connectivity index (χ2n) is 6.12. The second-order valence-corrected chi connectivity index (χ2v) is 6.93. The van der Waals surface area contributed by atoms with E-state index in [0.717, 1.165) is 30.4 Å². The number of nitrogens with zero attached hydrogens (tertiary/aromatic N) is 2. The SMILES string of the molecule is N#CC1(C#N)CC=C[C@@H](c2c(Cl)cccc2Cl)[C@@H]2CCCC=C21. The standard InChI is InChI=1S/C19H16Cl2N2/c20-16-8-3-9-17(21)18(16)14-6-4-10-19(11-22,12-23)15-7-2-1-5-13(14)15/h3-4,6-9,13-14H,1-2,5,10H2/t13-,14+/m0/s1. The predicted molar refractivity (Wildman–Crippen MR) is 92.0 cm³/mol. The molecule has 2 aliphatic rings. The fourth-order valence-corrected chi connectivity index (χ4v) is 4.43. The first kappa shape index (κ1) is 16.1. The highest BCUT2D eigenvalue weighted by molar-refractivity contribution is 6.36. The molecule has 0 amide bonds. The van der Waals surface area contributed by atoms with Gasteiger partial charge >= 0.3 is 0 Å². The Morgan fingerprint density at radius 1 is 1.13 bits per heavy atom. The molecular weight excluding hydrogens is 327 g/mol. The number of benzene rings is 1. The Kier molecular flexibility index (Phi) is 4.49. The molecule has 1 aromatic rings. The Morgan fingerprint density at radius 2 is 1.83 bits per heavy atom. The van der Waals surface area contributed by atoms with E-state index in [9.17, 15) is 10.5 Å². The van der Waals surface area contributed by atoms with Crippen molar-refractivity contribution in [2.45, 2.75) is 31.6 Å². The number of hydrogen-bond donors (Lipinski definition) is 0. The average molecular weight is 343 g/mol. The van der Waals surface area contributed by atoms with Gasteiger partial charge in [0.1, 0.15) is 0 Å². The van der Waals surface area contributed by atoms with Gasteiger partial charge in [0.15, 0.2) is 5.41 Å². The van der Waals surface area contributed by atoms with Gasteiger partial charge in [-0.05, 0) is 48.4 Å². The molecule has 3 rings (SSSR count). The molecule has 0 fully saturated rings. The molecule has 0 unspecified atom stereocenters. The fraction of sp³-hybridized carbons (Fsp3) is 0.368. The van der Waals surface area contributed by atoms with Crippen LogP contribution in [0.25, 0.3) is 0 Å². The summed E-state index contributed by atoms with van der Waals surface area (Å²) in [5.74, 6) is 0.102. The van der Waals surface area contributed by atoms with Crippen LogP contribution in [0.15, 0.2) is 42.0 Å². The van der Waals surface area contributed by atoms with Crippen LogP contribution >= 0.6 is 23.2 Å². The topological polar surface area (TPSA) is 47.6 Å². The van der Waals surface area contributed by atoms with Gasteiger partial charge in [0, 0.05) is 22.4 Å². The van der Waals surface area contributed by atoms with Crippen LogP contribution in [0.5, 0.6) is 0 Å². The van der Waals surface area contributed by atoms with Gasteiger partial charge in [-0.15, -0.1) is 0 Å². The summed E-state index contributed by atoms with van der Waals surface area (Å²) >= 11 is 12.8. The maximum Gasteiger partial charge on any atom is 0.168 e. The molecule has 1 aromatic carbocycles. The third kappa shape index (κ3) is 2.67. The minimum absolute atomic E-state index is 0.00586. The highest BCUT2D eigenvalue weighted by atomic mass is 35.5. The minimum atomic E-state index is -1.07. The summed E-state index contributed by atoms with van der Waals surface area (Å²) in [6, 6.07) is 10.0. The lowest BCUT2D eigenvalue weighted by molar-refractivity contribution is 0.416. The van der Waals surface area contributed by atoms with Gasteiger partial charge in [0.05, 0.1) is 12.1 Å². The second kappa shape index (κ2) is 6.40. The van der Waals surface area contributed by atoms with Crippen molar-refractivity contribution in [2.75, 3.05) is 0 Å². The molecule has 0 saturated carbocycles. The Balaban J connectivity index is 2.15. The van der Waals surface area contributed by atoms with Crippen molar-refractivity contribution in [2.24, 2.45) is 11.3 Å². The predicted octanol–water partition coefficient (Wildman–Crippen LogP) is 5.80. The maximum atomic E-state index is 9.67. The average Bonchev–Trinajstić information content (AvgIpc) is 2.73. The van der Waals surface area contributed by atoms with Crippen molar-refractivity contribution < 1.29 is 0 Å². The summed E-state index contributed by atoms with van der Waals surface area (Å²) < 4.78 is 0. The molecule has 0 N–H and O–H groups in total. The van der Waals surface area contributed by atoms with Crippen LogP contribution in [-0.2, 0) is 0 Å². The minimum Gasteiger partial charge on any atom is -0.196 e. The molecule has 0 aliphatic heterocycles. The molecule has 0 heterocycles. The van der Waals surface area contributed by atoms with E-state index in [-0.39, 0.29) is 11.8 Å². The summed E-state index contributed by atoms with van der Waals surface area (Å²) in [7, 11) is 0. The van der Waals surface area contributed by atoms with Gasteiger partial charge < -0.3 is 0 Å². The monoisotopic (exact) mass is 342 g/mol. The van der Waals surface area contributed by atoms with E-state index in [1.165, 1.54) is 0 Å². The normalized spacial score (nSPS) is 25.5. The Morgan fingerprint density at radius 3 is 2.48 bits per heavy atom. The van der Waals surface area contributed by atoms with Gasteiger partial charge in [-0.1, -0.05) is 47.5 Å². The van der Waals surface area contributed by atoms with E-state index in [2.05, 4.69) is 24.3 Å². The van der Waals surface area contributed by atoms with Gasteiger partial charge in [0.2, 0.25) is 0 Å². The summed E-state index contributed by atoms with van der Waals surface area (Å²) in [6.45, 7) is 0. The van der Waals surface area contributed by atoms with E-state index in [0.29, 0.717) is 16.5 Å². The van der Waals surface area contributed by atoms with Gasteiger partial charge in [-0.2, -0.15) is 10.5 Å². The molecule has 0 aromatic heterocycles. The largest absolute Gasteiger partial charge is 0.196 e. The first-order valence-electron chi connectivity index (χ1n) is 7.76. The van der Waals surface area contributed by atoms with Crippen LogP contribution in [0, 0.1) is 34.0 Å². The molecule has 116 valence electrons. The van der Waals surface area contributed by atoms with Crippen molar-refractivity contribution in [3.05, 3.63) is 57.6 Å². The van der Waals surface area contributed by atoms with Crippen LogP contribution in [0.3, 0.4) is 0 Å². The van der Waals surface area contributed by atoms with Crippen molar-refractivity contribution in [3.8, 4) is 12.1 Å². The van der Waals surface area contributed by atoms with Crippen LogP contribution in [0.1, 0.15) is 37.2 Å². The van der Waals surface area contributed by atoms with Crippen molar-refractivity contribution in [1.29, 1.82) is 10.5 Å². The number of halogens is 2. The molecule has 23 heavy (non-hydrogen) atoms. The maximum absolute atomic E-state index is 9.67. The molecule has 0 spiro atoms. The first-order valence-corrected chi connectivity index (χ1v) is 8.52. The third-order valence-electron chi connectivity index (χ3n) is 4.89. The van der Waals surface area contributed by atoms with Crippen LogP contribution in [0.2, 0.25) is 10.0 Å². The summed E-state index contributed by atoms with van der Waals surface area (Å²) in [6.07, 6.45) is 9.43. The van der Waals surface area contributed by atoms with E-state index >= 15 is 0 Å². The fourth-order valence-electron chi connectivity index (χ4n) is 3.78. The Hall–Kier alpha value is -1.74. The van der Waals surface area contributed by atoms with Crippen LogP contribution < -0.4 is 0 Å². The summed E-state index contributed by atoms with van der Waals surface area (Å²) in [5.41, 5.74) is 0.778. The van der Waals surface area contributed by atoms with Crippen LogP contribution in [0.4, 0.5) is 0 Å². The summed E-state index contributed by atoms with van der Waals surface area (Å²) in [5, 5.41) is 20.6. The first-order chi connectivity index (χ1) is 11.1. The Bertz CT molecular complexity index is 730. The van der Waals surface area contributed by atoms with Gasteiger partial charge in [-0.25, -0.2) is 0 Å². The molecular formula is C19H16Cl2N2. The Labute approximate surface area is 146 Å². The lowest BCUT2D eigenvalue weighted by Gasteiger charge is -2.34. The zero-order valence-corrected chi connectivity index (χ0v) is 14.1. The van der Waals surface area contributed by atoms with Crippen molar-refractivity contribution in [1.82, 2.24) is 0 Å². The summed E-state index contributed by atoms with van der Waals surface area (Å²) in [4.78, 5) is 0. The van der Waals surface area contributed by atoms with Crippen LogP contribution in [-0.4, -0.2) is 0 Å². The zero-order chi connectivity index (χ0) is 16.4. The lowest BCUT2D eigenvalue weighted by atomic mass is 9.67. The number of rotatable bonds is 1. The smallest absolute Gasteiger partial charge is 0.168 e. The molecule has 2 aliphatic carbocycles. The van der Waals surface area contributed by atoms with E-state index in [1.54, 1.807) is 0 Å². The van der Waals surface area contributed by atoms with Crippen molar-refractivity contribution >= 4 is 23.2 Å². The van der Waals surface area contributed by atoms with E-state index < -0.39 is 5.41 Å². The van der Waals surface area contributed by atoms with E-state index in [4.69, 9.17) is 23.2 Å².